The second kappa shape index (κ2) is 4.98. The predicted octanol–water partition coefficient (Wildman–Crippen LogP) is 3.48. The highest BCUT2D eigenvalue weighted by molar-refractivity contribution is 8.00. The third kappa shape index (κ3) is 2.59. The van der Waals surface area contributed by atoms with Gasteiger partial charge in [-0.1, -0.05) is 16.9 Å². The third-order valence-corrected chi connectivity index (χ3v) is 4.58. The van der Waals surface area contributed by atoms with Crippen LogP contribution in [-0.4, -0.2) is 15.1 Å². The summed E-state index contributed by atoms with van der Waals surface area (Å²) in [6.45, 7) is 0. The monoisotopic (exact) mass is 293 g/mol. The molecule has 3 aromatic rings. The van der Waals surface area contributed by atoms with E-state index < -0.39 is 4.92 Å². The van der Waals surface area contributed by atoms with E-state index in [1.54, 1.807) is 24.4 Å². The first-order valence-corrected chi connectivity index (χ1v) is 7.10. The fourth-order valence-corrected chi connectivity index (χ4v) is 3.51. The average Bonchev–Trinajstić information content (AvgIpc) is 3.04. The molecule has 6 nitrogen and oxygen atoms in total. The maximum Gasteiger partial charge on any atom is 0.270 e. The standard InChI is InChI=1S/C11H7N3O3S2/c15-14(16)7-1-2-9-10(5-7)19-11(13-9)18-6-8-3-4-12-17-8/h1-5H,6H2. The van der Waals surface area contributed by atoms with Crippen molar-refractivity contribution in [2.24, 2.45) is 0 Å². The van der Waals surface area contributed by atoms with E-state index >= 15 is 0 Å². The van der Waals surface area contributed by atoms with Gasteiger partial charge in [-0.2, -0.15) is 0 Å². The Kier molecular flexibility index (Phi) is 3.18. The largest absolute Gasteiger partial charge is 0.361 e. The van der Waals surface area contributed by atoms with Gasteiger partial charge in [-0.3, -0.25) is 10.1 Å². The third-order valence-electron chi connectivity index (χ3n) is 2.39. The number of fused-ring (bicyclic) bond motifs is 1. The summed E-state index contributed by atoms with van der Waals surface area (Å²) in [5, 5.41) is 14.3. The van der Waals surface area contributed by atoms with Crippen molar-refractivity contribution in [3.8, 4) is 0 Å². The van der Waals surface area contributed by atoms with Gasteiger partial charge in [0, 0.05) is 18.2 Å². The van der Waals surface area contributed by atoms with Crippen LogP contribution in [-0.2, 0) is 5.75 Å². The maximum atomic E-state index is 10.7. The van der Waals surface area contributed by atoms with Crippen molar-refractivity contribution in [1.29, 1.82) is 0 Å². The summed E-state index contributed by atoms with van der Waals surface area (Å²) in [6, 6.07) is 6.48. The molecule has 0 aliphatic carbocycles. The first kappa shape index (κ1) is 12.1. The van der Waals surface area contributed by atoms with Crippen LogP contribution in [0.4, 0.5) is 5.69 Å². The summed E-state index contributed by atoms with van der Waals surface area (Å²) >= 11 is 2.96. The number of benzene rings is 1. The molecule has 0 aliphatic rings. The van der Waals surface area contributed by atoms with Crippen LogP contribution in [0.1, 0.15) is 5.76 Å². The highest BCUT2D eigenvalue weighted by Crippen LogP contribution is 2.33. The molecule has 0 unspecified atom stereocenters. The molecule has 0 bridgehead atoms. The van der Waals surface area contributed by atoms with Crippen LogP contribution in [0.3, 0.4) is 0 Å². The average molecular weight is 293 g/mol. The number of nitro groups is 1. The molecule has 1 aromatic carbocycles. The summed E-state index contributed by atoms with van der Waals surface area (Å²) in [7, 11) is 0. The molecule has 96 valence electrons. The quantitative estimate of drug-likeness (QED) is 0.416. The molecule has 0 N–H and O–H groups in total. The van der Waals surface area contributed by atoms with Gasteiger partial charge in [0.1, 0.15) is 5.76 Å². The summed E-state index contributed by atoms with van der Waals surface area (Å²) in [5.74, 6) is 1.41. The normalized spacial score (nSPS) is 10.9. The number of hydrogen-bond acceptors (Lipinski definition) is 7. The molecule has 8 heteroatoms. The summed E-state index contributed by atoms with van der Waals surface area (Å²) in [5.41, 5.74) is 0.860. The lowest BCUT2D eigenvalue weighted by atomic mass is 10.3. The van der Waals surface area contributed by atoms with E-state index in [0.29, 0.717) is 5.75 Å². The van der Waals surface area contributed by atoms with Gasteiger partial charge in [0.25, 0.3) is 5.69 Å². The molecule has 0 amide bonds. The van der Waals surface area contributed by atoms with Crippen molar-refractivity contribution in [3.05, 3.63) is 46.3 Å². The number of thioether (sulfide) groups is 1. The SMILES string of the molecule is O=[N+]([O-])c1ccc2nc(SCc3ccno3)sc2c1. The highest BCUT2D eigenvalue weighted by atomic mass is 32.2. The maximum absolute atomic E-state index is 10.7. The van der Waals surface area contributed by atoms with Crippen LogP contribution in [0, 0.1) is 10.1 Å². The predicted molar refractivity (Wildman–Crippen MR) is 72.3 cm³/mol. The fraction of sp³-hybridized carbons (Fsp3) is 0.0909. The molecule has 0 saturated carbocycles. The number of nitro benzene ring substituents is 1. The second-order valence-electron chi connectivity index (χ2n) is 3.66. The molecule has 2 aromatic heterocycles. The Hall–Kier alpha value is -1.93. The van der Waals surface area contributed by atoms with Gasteiger partial charge in [-0.15, -0.1) is 11.3 Å². The van der Waals surface area contributed by atoms with Crippen LogP contribution in [0.2, 0.25) is 0 Å². The van der Waals surface area contributed by atoms with Gasteiger partial charge in [0.2, 0.25) is 0 Å². The number of thiazole rings is 1. The van der Waals surface area contributed by atoms with E-state index in [2.05, 4.69) is 10.1 Å². The Morgan fingerprint density at radius 2 is 2.32 bits per heavy atom. The van der Waals surface area contributed by atoms with E-state index in [1.165, 1.54) is 29.2 Å². The highest BCUT2D eigenvalue weighted by Gasteiger charge is 2.11. The molecule has 0 aliphatic heterocycles. The summed E-state index contributed by atoms with van der Waals surface area (Å²) in [6.07, 6.45) is 1.59. The van der Waals surface area contributed by atoms with Gasteiger partial charge in [-0.05, 0) is 6.07 Å². The van der Waals surface area contributed by atoms with Gasteiger partial charge >= 0.3 is 0 Å². The number of hydrogen-bond donors (Lipinski definition) is 0. The minimum Gasteiger partial charge on any atom is -0.361 e. The zero-order chi connectivity index (χ0) is 13.2. The van der Waals surface area contributed by atoms with Gasteiger partial charge in [0.05, 0.1) is 27.1 Å². The van der Waals surface area contributed by atoms with Gasteiger partial charge in [-0.25, -0.2) is 4.98 Å². The van der Waals surface area contributed by atoms with Crippen LogP contribution in [0.25, 0.3) is 10.2 Å². The summed E-state index contributed by atoms with van der Waals surface area (Å²) < 4.78 is 6.66. The Morgan fingerprint density at radius 3 is 3.05 bits per heavy atom. The Bertz CT molecular complexity index is 724. The van der Waals surface area contributed by atoms with Crippen LogP contribution < -0.4 is 0 Å². The molecule has 0 saturated heterocycles. The van der Waals surface area contributed by atoms with Crippen molar-refractivity contribution in [3.63, 3.8) is 0 Å². The Labute approximate surface area is 115 Å². The molecule has 0 atom stereocenters. The van der Waals surface area contributed by atoms with E-state index in [4.69, 9.17) is 4.52 Å². The van der Waals surface area contributed by atoms with Crippen LogP contribution in [0.15, 0.2) is 39.3 Å². The van der Waals surface area contributed by atoms with Crippen molar-refractivity contribution < 1.29 is 9.45 Å². The Morgan fingerprint density at radius 1 is 1.42 bits per heavy atom. The first-order chi connectivity index (χ1) is 9.22. The summed E-state index contributed by atoms with van der Waals surface area (Å²) in [4.78, 5) is 14.7. The first-order valence-electron chi connectivity index (χ1n) is 5.30. The molecular formula is C11H7N3O3S2. The lowest BCUT2D eigenvalue weighted by Gasteiger charge is -1.90. The smallest absolute Gasteiger partial charge is 0.270 e. The Balaban J connectivity index is 1.83. The van der Waals surface area contributed by atoms with Gasteiger partial charge < -0.3 is 4.52 Å². The molecule has 0 spiro atoms. The topological polar surface area (TPSA) is 82.1 Å². The van der Waals surface area contributed by atoms with E-state index in [0.717, 1.165) is 20.3 Å². The molecule has 3 rings (SSSR count). The van der Waals surface area contributed by atoms with E-state index in [1.807, 2.05) is 0 Å². The molecule has 2 heterocycles. The van der Waals surface area contributed by atoms with Crippen molar-refractivity contribution in [2.45, 2.75) is 10.1 Å². The zero-order valence-electron chi connectivity index (χ0n) is 9.48. The molecule has 19 heavy (non-hydrogen) atoms. The number of nitrogens with zero attached hydrogens (tertiary/aromatic N) is 3. The molecular weight excluding hydrogens is 286 g/mol. The number of non-ortho nitro benzene ring substituents is 1. The molecule has 0 fully saturated rings. The lowest BCUT2D eigenvalue weighted by Crippen LogP contribution is -1.85. The van der Waals surface area contributed by atoms with Crippen LogP contribution >= 0.6 is 23.1 Å². The molecule has 0 radical (unpaired) electrons. The number of aromatic nitrogens is 2. The van der Waals surface area contributed by atoms with E-state index in [9.17, 15) is 10.1 Å². The van der Waals surface area contributed by atoms with Crippen molar-refractivity contribution in [2.75, 3.05) is 0 Å². The van der Waals surface area contributed by atoms with Crippen molar-refractivity contribution in [1.82, 2.24) is 10.1 Å². The van der Waals surface area contributed by atoms with Crippen LogP contribution in [0.5, 0.6) is 0 Å². The number of rotatable bonds is 4. The fourth-order valence-electron chi connectivity index (χ4n) is 1.52. The minimum absolute atomic E-state index is 0.0861. The zero-order valence-corrected chi connectivity index (χ0v) is 11.1. The van der Waals surface area contributed by atoms with Crippen molar-refractivity contribution >= 4 is 39.0 Å². The second-order valence-corrected chi connectivity index (χ2v) is 5.91. The van der Waals surface area contributed by atoms with E-state index in [-0.39, 0.29) is 5.69 Å². The van der Waals surface area contributed by atoms with Gasteiger partial charge in [0.15, 0.2) is 4.34 Å². The minimum atomic E-state index is -0.402. The lowest BCUT2D eigenvalue weighted by molar-refractivity contribution is -0.384.